The summed E-state index contributed by atoms with van der Waals surface area (Å²) in [6.07, 6.45) is 10.3. The SMILES string of the molecule is CCCCCCCCc1ccc(-c2ccc(C3=N/C(=C/c4ccccc4[N+](=O)[O-])C(=O)O3)cc2)cc1. The van der Waals surface area contributed by atoms with Crippen LogP contribution in [0.25, 0.3) is 17.2 Å². The van der Waals surface area contributed by atoms with Crippen LogP contribution in [0.2, 0.25) is 0 Å². The van der Waals surface area contributed by atoms with E-state index in [1.165, 1.54) is 56.2 Å². The number of carbonyl (C=O) groups excluding carboxylic acids is 1. The Balaban J connectivity index is 1.41. The number of nitro benzene ring substituents is 1. The largest absolute Gasteiger partial charge is 0.402 e. The van der Waals surface area contributed by atoms with E-state index in [9.17, 15) is 14.9 Å². The molecule has 0 N–H and O–H groups in total. The van der Waals surface area contributed by atoms with Crippen LogP contribution in [0.3, 0.4) is 0 Å². The van der Waals surface area contributed by atoms with Gasteiger partial charge in [-0.05, 0) is 53.8 Å². The van der Waals surface area contributed by atoms with Crippen molar-refractivity contribution in [3.8, 4) is 11.1 Å². The van der Waals surface area contributed by atoms with Gasteiger partial charge in [0.05, 0.1) is 10.5 Å². The van der Waals surface area contributed by atoms with Crippen LogP contribution in [0.1, 0.15) is 62.1 Å². The average Bonchev–Trinajstić information content (AvgIpc) is 3.26. The van der Waals surface area contributed by atoms with Gasteiger partial charge in [-0.25, -0.2) is 9.79 Å². The molecule has 0 bridgehead atoms. The molecule has 0 saturated heterocycles. The van der Waals surface area contributed by atoms with Gasteiger partial charge in [0, 0.05) is 11.6 Å². The summed E-state index contributed by atoms with van der Waals surface area (Å²) in [5.41, 5.74) is 4.44. The molecule has 1 heterocycles. The van der Waals surface area contributed by atoms with Gasteiger partial charge in [0.25, 0.3) is 5.69 Å². The van der Waals surface area contributed by atoms with Gasteiger partial charge in [-0.1, -0.05) is 87.6 Å². The van der Waals surface area contributed by atoms with E-state index in [-0.39, 0.29) is 17.3 Å². The molecule has 0 fully saturated rings. The topological polar surface area (TPSA) is 81.8 Å². The maximum Gasteiger partial charge on any atom is 0.363 e. The second-order valence-corrected chi connectivity index (χ2v) is 8.94. The van der Waals surface area contributed by atoms with Crippen LogP contribution in [-0.2, 0) is 16.0 Å². The summed E-state index contributed by atoms with van der Waals surface area (Å²) in [4.78, 5) is 27.4. The number of nitrogens with zero attached hydrogens (tertiary/aromatic N) is 2. The number of ether oxygens (including phenoxy) is 1. The highest BCUT2D eigenvalue weighted by molar-refractivity contribution is 6.13. The number of unbranched alkanes of at least 4 members (excludes halogenated alkanes) is 5. The molecule has 4 rings (SSSR count). The molecule has 1 aliphatic heterocycles. The quantitative estimate of drug-likeness (QED) is 0.0931. The third-order valence-corrected chi connectivity index (χ3v) is 6.28. The zero-order valence-electron chi connectivity index (χ0n) is 20.5. The molecule has 0 spiro atoms. The number of aryl methyl sites for hydroxylation is 1. The molecular formula is C30H30N2O4. The lowest BCUT2D eigenvalue weighted by Gasteiger charge is -2.06. The molecule has 6 nitrogen and oxygen atoms in total. The highest BCUT2D eigenvalue weighted by Gasteiger charge is 2.25. The van der Waals surface area contributed by atoms with Crippen molar-refractivity contribution in [1.82, 2.24) is 0 Å². The van der Waals surface area contributed by atoms with Crippen molar-refractivity contribution in [3.05, 3.63) is 105 Å². The van der Waals surface area contributed by atoms with Gasteiger partial charge in [-0.3, -0.25) is 10.1 Å². The average molecular weight is 483 g/mol. The van der Waals surface area contributed by atoms with E-state index in [1.807, 2.05) is 24.3 Å². The molecule has 0 amide bonds. The molecule has 1 aliphatic rings. The molecule has 184 valence electrons. The lowest BCUT2D eigenvalue weighted by molar-refractivity contribution is -0.385. The fraction of sp³-hybridized carbons (Fsp3) is 0.267. The Bertz CT molecular complexity index is 1280. The highest BCUT2D eigenvalue weighted by atomic mass is 16.6. The van der Waals surface area contributed by atoms with Gasteiger partial charge in [0.15, 0.2) is 5.70 Å². The van der Waals surface area contributed by atoms with Gasteiger partial charge in [-0.15, -0.1) is 0 Å². The maximum absolute atomic E-state index is 12.3. The Morgan fingerprint density at radius 2 is 1.44 bits per heavy atom. The summed E-state index contributed by atoms with van der Waals surface area (Å²) in [5.74, 6) is -0.446. The number of hydrogen-bond acceptors (Lipinski definition) is 5. The Hall–Kier alpha value is -4.06. The summed E-state index contributed by atoms with van der Waals surface area (Å²) >= 11 is 0. The van der Waals surface area contributed by atoms with E-state index in [4.69, 9.17) is 4.74 Å². The van der Waals surface area contributed by atoms with Gasteiger partial charge < -0.3 is 4.74 Å². The van der Waals surface area contributed by atoms with Crippen molar-refractivity contribution >= 4 is 23.6 Å². The number of benzene rings is 3. The van der Waals surface area contributed by atoms with Crippen molar-refractivity contribution < 1.29 is 14.5 Å². The van der Waals surface area contributed by atoms with Gasteiger partial charge in [0.1, 0.15) is 0 Å². The molecule has 3 aromatic rings. The molecule has 36 heavy (non-hydrogen) atoms. The Morgan fingerprint density at radius 3 is 2.14 bits per heavy atom. The van der Waals surface area contributed by atoms with E-state index in [2.05, 4.69) is 36.2 Å². The highest BCUT2D eigenvalue weighted by Crippen LogP contribution is 2.26. The molecule has 0 radical (unpaired) electrons. The minimum atomic E-state index is -0.631. The first-order valence-electron chi connectivity index (χ1n) is 12.5. The number of cyclic esters (lactones) is 1. The van der Waals surface area contributed by atoms with Crippen molar-refractivity contribution in [1.29, 1.82) is 0 Å². The molecule has 6 heteroatoms. The van der Waals surface area contributed by atoms with E-state index in [0.29, 0.717) is 11.1 Å². The smallest absolute Gasteiger partial charge is 0.363 e. The van der Waals surface area contributed by atoms with Crippen molar-refractivity contribution in [2.24, 2.45) is 4.99 Å². The zero-order chi connectivity index (χ0) is 25.3. The Labute approximate surface area is 211 Å². The fourth-order valence-corrected chi connectivity index (χ4v) is 4.23. The Morgan fingerprint density at radius 1 is 0.833 bits per heavy atom. The van der Waals surface area contributed by atoms with Gasteiger partial charge in [0.2, 0.25) is 5.90 Å². The van der Waals surface area contributed by atoms with Crippen molar-refractivity contribution in [2.75, 3.05) is 0 Å². The van der Waals surface area contributed by atoms with Crippen LogP contribution in [-0.4, -0.2) is 16.8 Å². The second-order valence-electron chi connectivity index (χ2n) is 8.94. The number of nitro groups is 1. The number of rotatable bonds is 11. The monoisotopic (exact) mass is 482 g/mol. The summed E-state index contributed by atoms with van der Waals surface area (Å²) < 4.78 is 5.34. The normalized spacial score (nSPS) is 14.1. The van der Waals surface area contributed by atoms with Crippen molar-refractivity contribution in [3.63, 3.8) is 0 Å². The molecule has 0 unspecified atom stereocenters. The predicted octanol–water partition coefficient (Wildman–Crippen LogP) is 7.51. The molecular weight excluding hydrogens is 452 g/mol. The van der Waals surface area contributed by atoms with Crippen LogP contribution in [0, 0.1) is 10.1 Å². The zero-order valence-corrected chi connectivity index (χ0v) is 20.5. The summed E-state index contributed by atoms with van der Waals surface area (Å²) in [6, 6.07) is 22.5. The van der Waals surface area contributed by atoms with E-state index >= 15 is 0 Å². The number of hydrogen-bond donors (Lipinski definition) is 0. The number of esters is 1. The molecule has 0 saturated carbocycles. The third-order valence-electron chi connectivity index (χ3n) is 6.28. The summed E-state index contributed by atoms with van der Waals surface area (Å²) in [7, 11) is 0. The van der Waals surface area contributed by atoms with E-state index in [1.54, 1.807) is 18.2 Å². The molecule has 0 aliphatic carbocycles. The van der Waals surface area contributed by atoms with Crippen molar-refractivity contribution in [2.45, 2.75) is 51.9 Å². The van der Waals surface area contributed by atoms with Crippen LogP contribution in [0.4, 0.5) is 5.69 Å². The van der Waals surface area contributed by atoms with Crippen LogP contribution < -0.4 is 0 Å². The predicted molar refractivity (Wildman–Crippen MR) is 143 cm³/mol. The first-order chi connectivity index (χ1) is 17.5. The third kappa shape index (κ3) is 6.33. The summed E-state index contributed by atoms with van der Waals surface area (Å²) in [5, 5.41) is 11.2. The minimum Gasteiger partial charge on any atom is -0.402 e. The summed E-state index contributed by atoms with van der Waals surface area (Å²) in [6.45, 7) is 2.24. The van der Waals surface area contributed by atoms with Crippen LogP contribution in [0.5, 0.6) is 0 Å². The number of aliphatic imine (C=N–C) groups is 1. The number of carbonyl (C=O) groups is 1. The fourth-order valence-electron chi connectivity index (χ4n) is 4.23. The molecule has 0 aromatic heterocycles. The minimum absolute atomic E-state index is 0.0318. The Kier molecular flexibility index (Phi) is 8.40. The maximum atomic E-state index is 12.3. The molecule has 3 aromatic carbocycles. The first-order valence-corrected chi connectivity index (χ1v) is 12.5. The van der Waals surface area contributed by atoms with Crippen LogP contribution >= 0.6 is 0 Å². The van der Waals surface area contributed by atoms with E-state index in [0.717, 1.165) is 17.5 Å². The lowest BCUT2D eigenvalue weighted by Crippen LogP contribution is -2.05. The second kappa shape index (κ2) is 12.1. The molecule has 0 atom stereocenters. The van der Waals surface area contributed by atoms with Gasteiger partial charge in [-0.2, -0.15) is 0 Å². The van der Waals surface area contributed by atoms with E-state index < -0.39 is 10.9 Å². The van der Waals surface area contributed by atoms with Crippen LogP contribution in [0.15, 0.2) is 83.5 Å². The number of para-hydroxylation sites is 1. The lowest BCUT2D eigenvalue weighted by atomic mass is 10.00. The van der Waals surface area contributed by atoms with Gasteiger partial charge >= 0.3 is 5.97 Å². The first kappa shape index (κ1) is 25.0. The standard InChI is InChI=1S/C30H30N2O4/c1-2-3-4-5-6-7-10-22-13-15-23(16-14-22)24-17-19-25(20-18-24)29-31-27(30(33)36-29)21-26-11-8-9-12-28(26)32(34)35/h8-9,11-21H,2-7,10H2,1H3/b27-21+.